The summed E-state index contributed by atoms with van der Waals surface area (Å²) in [6.45, 7) is 1.77. The van der Waals surface area contributed by atoms with Crippen LogP contribution in [0.1, 0.15) is 26.5 Å². The van der Waals surface area contributed by atoms with Gasteiger partial charge in [0.2, 0.25) is 0 Å². The molecule has 0 unspecified atom stereocenters. The van der Waals surface area contributed by atoms with Crippen LogP contribution in [0.5, 0.6) is 0 Å². The first-order chi connectivity index (χ1) is 10.6. The van der Waals surface area contributed by atoms with Gasteiger partial charge in [0, 0.05) is 11.9 Å². The molecule has 0 aliphatic heterocycles. The molecule has 0 spiro atoms. The lowest BCUT2D eigenvalue weighted by molar-refractivity contribution is 0.0696. The second-order valence-corrected chi connectivity index (χ2v) is 4.81. The third kappa shape index (κ3) is 2.42. The lowest BCUT2D eigenvalue weighted by atomic mass is 10.2. The number of anilines is 1. The molecule has 6 heteroatoms. The van der Waals surface area contributed by atoms with Gasteiger partial charge >= 0.3 is 5.97 Å². The van der Waals surface area contributed by atoms with Crippen LogP contribution in [0.3, 0.4) is 0 Å². The van der Waals surface area contributed by atoms with Crippen LogP contribution in [0.2, 0.25) is 0 Å². The van der Waals surface area contributed by atoms with Gasteiger partial charge < -0.3 is 10.4 Å². The molecule has 2 aromatic heterocycles. The van der Waals surface area contributed by atoms with Crippen molar-refractivity contribution in [3.63, 3.8) is 0 Å². The minimum atomic E-state index is -1.00. The smallest absolute Gasteiger partial charge is 0.335 e. The molecular formula is C16H13N3O3. The van der Waals surface area contributed by atoms with E-state index in [4.69, 9.17) is 5.11 Å². The second-order valence-electron chi connectivity index (χ2n) is 4.81. The number of carbonyl (C=O) groups is 2. The average molecular weight is 295 g/mol. The van der Waals surface area contributed by atoms with Crippen molar-refractivity contribution in [2.75, 3.05) is 5.32 Å². The molecule has 3 aromatic rings. The fourth-order valence-electron chi connectivity index (χ4n) is 2.27. The summed E-state index contributed by atoms with van der Waals surface area (Å²) >= 11 is 0. The number of aromatic carboxylic acids is 1. The Morgan fingerprint density at radius 1 is 1.14 bits per heavy atom. The van der Waals surface area contributed by atoms with Crippen LogP contribution in [0.15, 0.2) is 48.7 Å². The fraction of sp³-hybridized carbons (Fsp3) is 0.0625. The molecule has 0 aliphatic rings. The summed E-state index contributed by atoms with van der Waals surface area (Å²) in [5.41, 5.74) is 2.49. The number of hydrogen-bond donors (Lipinski definition) is 2. The molecule has 0 saturated heterocycles. The zero-order valence-corrected chi connectivity index (χ0v) is 11.8. The fourth-order valence-corrected chi connectivity index (χ4v) is 2.27. The van der Waals surface area contributed by atoms with E-state index in [1.807, 2.05) is 18.2 Å². The first-order valence-corrected chi connectivity index (χ1v) is 6.64. The standard InChI is InChI=1S/C16H13N3O3/c1-10-14(19-9-3-2-4-13(19)17-10)15(20)18-12-7-5-11(6-8-12)16(21)22/h2-9H,1H3,(H,18,20)(H,21,22). The number of imidazole rings is 1. The number of carboxylic acids is 1. The Morgan fingerprint density at radius 3 is 2.55 bits per heavy atom. The van der Waals surface area contributed by atoms with E-state index in [1.165, 1.54) is 12.1 Å². The van der Waals surface area contributed by atoms with Crippen molar-refractivity contribution in [1.82, 2.24) is 9.38 Å². The number of hydrogen-bond acceptors (Lipinski definition) is 3. The maximum absolute atomic E-state index is 12.4. The Bertz CT molecular complexity index is 866. The van der Waals surface area contributed by atoms with E-state index >= 15 is 0 Å². The van der Waals surface area contributed by atoms with Crippen molar-refractivity contribution in [1.29, 1.82) is 0 Å². The Balaban J connectivity index is 1.90. The van der Waals surface area contributed by atoms with Crippen LogP contribution in [0.25, 0.3) is 5.65 Å². The van der Waals surface area contributed by atoms with Crippen molar-refractivity contribution in [2.24, 2.45) is 0 Å². The molecular weight excluding hydrogens is 282 g/mol. The van der Waals surface area contributed by atoms with Crippen LogP contribution in [-0.2, 0) is 0 Å². The van der Waals surface area contributed by atoms with Crippen molar-refractivity contribution < 1.29 is 14.7 Å². The average Bonchev–Trinajstić information content (AvgIpc) is 2.83. The Hall–Kier alpha value is -3.15. The summed E-state index contributed by atoms with van der Waals surface area (Å²) in [6, 6.07) is 11.5. The number of benzene rings is 1. The van der Waals surface area contributed by atoms with Gasteiger partial charge in [0.05, 0.1) is 11.3 Å². The number of aryl methyl sites for hydroxylation is 1. The Kier molecular flexibility index (Phi) is 3.34. The highest BCUT2D eigenvalue weighted by molar-refractivity contribution is 6.04. The molecule has 2 heterocycles. The highest BCUT2D eigenvalue weighted by atomic mass is 16.4. The van der Waals surface area contributed by atoms with Crippen LogP contribution in [-0.4, -0.2) is 26.4 Å². The molecule has 0 saturated carbocycles. The number of aromatic nitrogens is 2. The van der Waals surface area contributed by atoms with Crippen LogP contribution in [0, 0.1) is 6.92 Å². The molecule has 6 nitrogen and oxygen atoms in total. The van der Waals surface area contributed by atoms with E-state index < -0.39 is 5.97 Å². The van der Waals surface area contributed by atoms with Crippen molar-refractivity contribution in [3.8, 4) is 0 Å². The Labute approximate surface area is 126 Å². The molecule has 0 radical (unpaired) electrons. The van der Waals surface area contributed by atoms with Crippen molar-refractivity contribution >= 4 is 23.2 Å². The molecule has 0 atom stereocenters. The van der Waals surface area contributed by atoms with Gasteiger partial charge in [-0.2, -0.15) is 0 Å². The predicted molar refractivity (Wildman–Crippen MR) is 81.3 cm³/mol. The molecule has 110 valence electrons. The van der Waals surface area contributed by atoms with Crippen LogP contribution in [0.4, 0.5) is 5.69 Å². The van der Waals surface area contributed by atoms with Gasteiger partial charge in [0.25, 0.3) is 5.91 Å². The molecule has 22 heavy (non-hydrogen) atoms. The van der Waals surface area contributed by atoms with E-state index in [9.17, 15) is 9.59 Å². The van der Waals surface area contributed by atoms with Gasteiger partial charge in [0.15, 0.2) is 0 Å². The minimum absolute atomic E-state index is 0.170. The van der Waals surface area contributed by atoms with E-state index in [-0.39, 0.29) is 11.5 Å². The first-order valence-electron chi connectivity index (χ1n) is 6.64. The summed E-state index contributed by atoms with van der Waals surface area (Å²) in [5.74, 6) is -1.30. The van der Waals surface area contributed by atoms with Gasteiger partial charge in [-0.1, -0.05) is 6.07 Å². The molecule has 0 bridgehead atoms. The lowest BCUT2D eigenvalue weighted by Gasteiger charge is -2.06. The number of carboxylic acid groups (broad SMARTS) is 1. The maximum atomic E-state index is 12.4. The number of fused-ring (bicyclic) bond motifs is 1. The largest absolute Gasteiger partial charge is 0.478 e. The number of carbonyl (C=O) groups excluding carboxylic acids is 1. The van der Waals surface area contributed by atoms with Gasteiger partial charge in [-0.3, -0.25) is 9.20 Å². The molecule has 0 aliphatic carbocycles. The van der Waals surface area contributed by atoms with Crippen LogP contribution < -0.4 is 5.32 Å². The zero-order chi connectivity index (χ0) is 15.7. The number of amides is 1. The molecule has 2 N–H and O–H groups in total. The summed E-state index contributed by atoms with van der Waals surface area (Å²) in [4.78, 5) is 27.6. The quantitative estimate of drug-likeness (QED) is 0.778. The number of nitrogens with one attached hydrogen (secondary N) is 1. The maximum Gasteiger partial charge on any atom is 0.335 e. The SMILES string of the molecule is Cc1nc2ccccn2c1C(=O)Nc1ccc(C(=O)O)cc1. The topological polar surface area (TPSA) is 83.7 Å². The Morgan fingerprint density at radius 2 is 1.86 bits per heavy atom. The van der Waals surface area contributed by atoms with Gasteiger partial charge in [-0.15, -0.1) is 0 Å². The summed E-state index contributed by atoms with van der Waals surface area (Å²) in [7, 11) is 0. The minimum Gasteiger partial charge on any atom is -0.478 e. The summed E-state index contributed by atoms with van der Waals surface area (Å²) < 4.78 is 1.72. The predicted octanol–water partition coefficient (Wildman–Crippen LogP) is 2.59. The van der Waals surface area contributed by atoms with Gasteiger partial charge in [0.1, 0.15) is 11.3 Å². The molecule has 0 fully saturated rings. The summed E-state index contributed by atoms with van der Waals surface area (Å²) in [5, 5.41) is 11.6. The van der Waals surface area contributed by atoms with E-state index in [1.54, 1.807) is 29.7 Å². The van der Waals surface area contributed by atoms with Gasteiger partial charge in [-0.25, -0.2) is 9.78 Å². The molecule has 1 amide bonds. The van der Waals surface area contributed by atoms with E-state index in [0.717, 1.165) is 0 Å². The summed E-state index contributed by atoms with van der Waals surface area (Å²) in [6.07, 6.45) is 1.78. The zero-order valence-electron chi connectivity index (χ0n) is 11.8. The van der Waals surface area contributed by atoms with Crippen molar-refractivity contribution in [2.45, 2.75) is 6.92 Å². The number of rotatable bonds is 3. The third-order valence-electron chi connectivity index (χ3n) is 3.31. The second kappa shape index (κ2) is 5.33. The van der Waals surface area contributed by atoms with E-state index in [2.05, 4.69) is 10.3 Å². The molecule has 1 aromatic carbocycles. The van der Waals surface area contributed by atoms with Crippen molar-refractivity contribution in [3.05, 3.63) is 65.6 Å². The number of pyridine rings is 1. The third-order valence-corrected chi connectivity index (χ3v) is 3.31. The normalized spacial score (nSPS) is 10.6. The highest BCUT2D eigenvalue weighted by Gasteiger charge is 2.16. The highest BCUT2D eigenvalue weighted by Crippen LogP contribution is 2.15. The lowest BCUT2D eigenvalue weighted by Crippen LogP contribution is -2.15. The number of nitrogens with zero attached hydrogens (tertiary/aromatic N) is 2. The molecule has 3 rings (SSSR count). The van der Waals surface area contributed by atoms with E-state index in [0.29, 0.717) is 22.7 Å². The van der Waals surface area contributed by atoms with Gasteiger partial charge in [-0.05, 0) is 43.3 Å². The first kappa shape index (κ1) is 13.8. The van der Waals surface area contributed by atoms with Crippen LogP contribution >= 0.6 is 0 Å². The monoisotopic (exact) mass is 295 g/mol.